The molecule has 3 N–H and O–H groups in total. The van der Waals surface area contributed by atoms with Crippen molar-refractivity contribution in [1.82, 2.24) is 29.5 Å². The van der Waals surface area contributed by atoms with Gasteiger partial charge in [-0.1, -0.05) is 0 Å². The van der Waals surface area contributed by atoms with E-state index in [1.165, 1.54) is 4.52 Å². The van der Waals surface area contributed by atoms with Crippen molar-refractivity contribution in [2.24, 2.45) is 0 Å². The number of benzene rings is 1. The van der Waals surface area contributed by atoms with Crippen LogP contribution in [0, 0.1) is 11.3 Å². The van der Waals surface area contributed by atoms with Crippen molar-refractivity contribution < 1.29 is 4.74 Å². The maximum Gasteiger partial charge on any atom is 0.230 e. The number of ether oxygens (including phenoxy) is 1. The van der Waals surface area contributed by atoms with Gasteiger partial charge >= 0.3 is 0 Å². The average molecular weight is 471 g/mol. The quantitative estimate of drug-likeness (QED) is 0.433. The third-order valence-electron chi connectivity index (χ3n) is 6.09. The number of nitrogens with one attached hydrogen (secondary N) is 1. The Morgan fingerprint density at radius 1 is 1.06 bits per heavy atom. The van der Waals surface area contributed by atoms with Gasteiger partial charge in [-0.25, -0.2) is 0 Å². The molecule has 0 saturated carbocycles. The number of anilines is 4. The molecule has 0 spiro atoms. The van der Waals surface area contributed by atoms with Gasteiger partial charge in [-0.2, -0.15) is 19.7 Å². The average Bonchev–Trinajstić information content (AvgIpc) is 3.23. The van der Waals surface area contributed by atoms with E-state index in [4.69, 9.17) is 10.5 Å². The lowest BCUT2D eigenvalue weighted by molar-refractivity contribution is 0.249. The second-order valence-electron chi connectivity index (χ2n) is 8.57. The van der Waals surface area contributed by atoms with Gasteiger partial charge in [0, 0.05) is 37.2 Å². The molecule has 11 nitrogen and oxygen atoms in total. The van der Waals surface area contributed by atoms with Crippen LogP contribution in [0.2, 0.25) is 0 Å². The SMILES string of the molecule is CN(C)C1CCN(c2nc(N)n3nc(Nc4ccc(Oc5ccncc5)cc4)c(C#N)c3n2)CC1. The zero-order chi connectivity index (χ0) is 24.4. The van der Waals surface area contributed by atoms with Crippen LogP contribution >= 0.6 is 0 Å². The summed E-state index contributed by atoms with van der Waals surface area (Å²) in [4.78, 5) is 17.5. The number of nitrogens with two attached hydrogens (primary N) is 1. The normalized spacial score (nSPS) is 14.3. The first-order chi connectivity index (χ1) is 17.0. The fraction of sp³-hybridized carbons (Fsp3) is 0.292. The number of hydrogen-bond donors (Lipinski definition) is 2. The van der Waals surface area contributed by atoms with E-state index in [-0.39, 0.29) is 5.95 Å². The zero-order valence-corrected chi connectivity index (χ0v) is 19.6. The van der Waals surface area contributed by atoms with Gasteiger partial charge < -0.3 is 25.6 Å². The largest absolute Gasteiger partial charge is 0.457 e. The van der Waals surface area contributed by atoms with Gasteiger partial charge in [-0.3, -0.25) is 4.98 Å². The van der Waals surface area contributed by atoms with E-state index in [1.807, 2.05) is 24.3 Å². The summed E-state index contributed by atoms with van der Waals surface area (Å²) in [6.45, 7) is 1.65. The van der Waals surface area contributed by atoms with Crippen molar-refractivity contribution in [3.63, 3.8) is 0 Å². The van der Waals surface area contributed by atoms with Crippen LogP contribution in [0.4, 0.5) is 23.4 Å². The van der Waals surface area contributed by atoms with Crippen LogP contribution in [-0.4, -0.2) is 62.7 Å². The molecule has 1 aliphatic rings. The van der Waals surface area contributed by atoms with Crippen LogP contribution in [0.15, 0.2) is 48.8 Å². The van der Waals surface area contributed by atoms with Crippen LogP contribution in [0.1, 0.15) is 18.4 Å². The van der Waals surface area contributed by atoms with Gasteiger partial charge in [-0.05, 0) is 63.3 Å². The molecule has 1 aliphatic heterocycles. The first kappa shape index (κ1) is 22.4. The minimum atomic E-state index is 0.186. The Bertz CT molecular complexity index is 1350. The Morgan fingerprint density at radius 2 is 1.74 bits per heavy atom. The van der Waals surface area contributed by atoms with Crippen molar-refractivity contribution in [2.75, 3.05) is 43.1 Å². The zero-order valence-electron chi connectivity index (χ0n) is 19.6. The minimum Gasteiger partial charge on any atom is -0.457 e. The number of aromatic nitrogens is 5. The van der Waals surface area contributed by atoms with Crippen molar-refractivity contribution in [2.45, 2.75) is 18.9 Å². The lowest BCUT2D eigenvalue weighted by Gasteiger charge is -2.35. The maximum atomic E-state index is 9.89. The summed E-state index contributed by atoms with van der Waals surface area (Å²) in [7, 11) is 4.20. The van der Waals surface area contributed by atoms with Gasteiger partial charge in [-0.15, -0.1) is 5.10 Å². The summed E-state index contributed by atoms with van der Waals surface area (Å²) in [5, 5.41) is 17.5. The lowest BCUT2D eigenvalue weighted by atomic mass is 10.0. The van der Waals surface area contributed by atoms with Gasteiger partial charge in [0.2, 0.25) is 11.9 Å². The molecule has 0 aliphatic carbocycles. The molecule has 0 atom stereocenters. The predicted octanol–water partition coefficient (Wildman–Crippen LogP) is 3.04. The number of fused-ring (bicyclic) bond motifs is 1. The predicted molar refractivity (Wildman–Crippen MR) is 133 cm³/mol. The molecular weight excluding hydrogens is 444 g/mol. The highest BCUT2D eigenvalue weighted by Crippen LogP contribution is 2.28. The summed E-state index contributed by atoms with van der Waals surface area (Å²) in [5.41, 5.74) is 7.64. The third kappa shape index (κ3) is 4.64. The number of rotatable bonds is 6. The third-order valence-corrected chi connectivity index (χ3v) is 6.09. The van der Waals surface area contributed by atoms with Crippen molar-refractivity contribution >= 4 is 29.0 Å². The molecule has 11 heteroatoms. The fourth-order valence-electron chi connectivity index (χ4n) is 4.14. The van der Waals surface area contributed by atoms with Crippen LogP contribution < -0.4 is 20.7 Å². The molecule has 1 fully saturated rings. The Labute approximate surface area is 202 Å². The second-order valence-corrected chi connectivity index (χ2v) is 8.57. The first-order valence-corrected chi connectivity index (χ1v) is 11.3. The molecule has 178 valence electrons. The molecule has 4 heterocycles. The maximum absolute atomic E-state index is 9.89. The summed E-state index contributed by atoms with van der Waals surface area (Å²) in [6, 6.07) is 13.7. The fourth-order valence-corrected chi connectivity index (χ4v) is 4.14. The van der Waals surface area contributed by atoms with Gasteiger partial charge in [0.15, 0.2) is 11.5 Å². The van der Waals surface area contributed by atoms with Crippen LogP contribution in [0.3, 0.4) is 0 Å². The Hall–Kier alpha value is -4.43. The van der Waals surface area contributed by atoms with E-state index in [9.17, 15) is 5.26 Å². The van der Waals surface area contributed by atoms with Crippen LogP contribution in [-0.2, 0) is 0 Å². The molecule has 1 saturated heterocycles. The summed E-state index contributed by atoms with van der Waals surface area (Å²) >= 11 is 0. The second kappa shape index (κ2) is 9.44. The van der Waals surface area contributed by atoms with Crippen molar-refractivity contribution in [3.8, 4) is 17.6 Å². The number of nitrogens with zero attached hydrogens (tertiary/aromatic N) is 8. The minimum absolute atomic E-state index is 0.186. The van der Waals surface area contributed by atoms with E-state index in [1.54, 1.807) is 24.5 Å². The molecule has 0 amide bonds. The molecule has 1 aromatic carbocycles. The molecule has 3 aromatic heterocycles. The Kier molecular flexibility index (Phi) is 6.03. The van der Waals surface area contributed by atoms with E-state index in [2.05, 4.69) is 55.3 Å². The Balaban J connectivity index is 1.37. The first-order valence-electron chi connectivity index (χ1n) is 11.3. The van der Waals surface area contributed by atoms with E-state index < -0.39 is 0 Å². The monoisotopic (exact) mass is 470 g/mol. The van der Waals surface area contributed by atoms with E-state index in [0.717, 1.165) is 31.6 Å². The molecule has 35 heavy (non-hydrogen) atoms. The highest BCUT2D eigenvalue weighted by molar-refractivity contribution is 5.73. The standard InChI is InChI=1S/C24H26N10O/c1-32(2)17-9-13-33(14-10-17)24-29-22-20(15-25)21(31-34(22)23(26)30-24)28-16-3-5-18(6-4-16)35-19-7-11-27-12-8-19/h3-8,11-12,17H,9-10,13-14H2,1-2H3,(H,28,31)(H2,26,29,30). The lowest BCUT2D eigenvalue weighted by Crippen LogP contribution is -2.42. The van der Waals surface area contributed by atoms with Crippen molar-refractivity contribution in [1.29, 1.82) is 5.26 Å². The summed E-state index contributed by atoms with van der Waals surface area (Å²) in [6.07, 6.45) is 5.37. The molecule has 0 radical (unpaired) electrons. The number of nitriles is 1. The molecule has 5 rings (SSSR count). The van der Waals surface area contributed by atoms with E-state index in [0.29, 0.717) is 40.5 Å². The highest BCUT2D eigenvalue weighted by Gasteiger charge is 2.25. The Morgan fingerprint density at radius 3 is 2.40 bits per heavy atom. The molecule has 0 unspecified atom stereocenters. The molecule has 4 aromatic rings. The van der Waals surface area contributed by atoms with Gasteiger partial charge in [0.05, 0.1) is 0 Å². The molecule has 0 bridgehead atoms. The van der Waals surface area contributed by atoms with Gasteiger partial charge in [0.25, 0.3) is 0 Å². The van der Waals surface area contributed by atoms with Crippen LogP contribution in [0.5, 0.6) is 11.5 Å². The number of pyridine rings is 1. The van der Waals surface area contributed by atoms with Crippen LogP contribution in [0.25, 0.3) is 5.65 Å². The van der Waals surface area contributed by atoms with E-state index >= 15 is 0 Å². The topological polar surface area (TPSA) is 134 Å². The highest BCUT2D eigenvalue weighted by atomic mass is 16.5. The number of hydrogen-bond acceptors (Lipinski definition) is 10. The van der Waals surface area contributed by atoms with Gasteiger partial charge in [0.1, 0.15) is 23.1 Å². The summed E-state index contributed by atoms with van der Waals surface area (Å²) in [5.74, 6) is 2.44. The smallest absolute Gasteiger partial charge is 0.230 e. The number of piperidine rings is 1. The molecular formula is C24H26N10O. The van der Waals surface area contributed by atoms with Crippen molar-refractivity contribution in [3.05, 3.63) is 54.4 Å². The summed E-state index contributed by atoms with van der Waals surface area (Å²) < 4.78 is 7.20. The number of nitrogen functional groups attached to an aromatic ring is 1.